The number of H-pyrrole nitrogens is 1. The van der Waals surface area contributed by atoms with E-state index >= 15 is 0 Å². The van der Waals surface area contributed by atoms with E-state index in [4.69, 9.17) is 0 Å². The second-order valence-electron chi connectivity index (χ2n) is 3.36. The van der Waals surface area contributed by atoms with Gasteiger partial charge in [-0.05, 0) is 12.1 Å². The molecule has 0 aliphatic carbocycles. The van der Waals surface area contributed by atoms with Crippen LogP contribution in [0.1, 0.15) is 0 Å². The van der Waals surface area contributed by atoms with Gasteiger partial charge < -0.3 is 10.1 Å². The van der Waals surface area contributed by atoms with Gasteiger partial charge in [-0.2, -0.15) is 0 Å². The van der Waals surface area contributed by atoms with Crippen LogP contribution in [0, 0.1) is 0 Å². The van der Waals surface area contributed by atoms with E-state index in [1.165, 1.54) is 12.5 Å². The third-order valence-electron chi connectivity index (χ3n) is 2.31. The largest absolute Gasteiger partial charge is 0.504 e. The number of hydrogen-bond acceptors (Lipinski definition) is 4. The number of nitrogens with one attached hydrogen (secondary N) is 1. The zero-order chi connectivity index (χ0) is 11.0. The molecule has 0 fully saturated rings. The minimum Gasteiger partial charge on any atom is -0.504 e. The Morgan fingerprint density at radius 1 is 1.19 bits per heavy atom. The van der Waals surface area contributed by atoms with Gasteiger partial charge in [-0.15, -0.1) is 0 Å². The zero-order valence-electron chi connectivity index (χ0n) is 8.25. The van der Waals surface area contributed by atoms with E-state index in [1.807, 2.05) is 24.3 Å². The van der Waals surface area contributed by atoms with Crippen molar-refractivity contribution in [3.05, 3.63) is 36.8 Å². The Bertz CT molecular complexity index is 614. The first-order valence-corrected chi connectivity index (χ1v) is 4.79. The number of aromatic hydroxyl groups is 1. The lowest BCUT2D eigenvalue weighted by molar-refractivity contribution is 0.471. The van der Waals surface area contributed by atoms with E-state index in [9.17, 15) is 5.11 Å². The number of nitrogens with zero attached hydrogens (tertiary/aromatic N) is 3. The van der Waals surface area contributed by atoms with Gasteiger partial charge in [0.15, 0.2) is 17.3 Å². The minimum atomic E-state index is 0.0153. The molecule has 16 heavy (non-hydrogen) atoms. The molecule has 0 atom stereocenters. The number of benzene rings is 1. The quantitative estimate of drug-likeness (QED) is 0.644. The SMILES string of the molecule is Oc1cncnc1-c1nc2ccccc2[nH]1. The lowest BCUT2D eigenvalue weighted by Gasteiger charge is -1.96. The van der Waals surface area contributed by atoms with Gasteiger partial charge in [0.2, 0.25) is 0 Å². The first kappa shape index (κ1) is 8.84. The molecule has 0 radical (unpaired) electrons. The van der Waals surface area contributed by atoms with Crippen molar-refractivity contribution in [2.24, 2.45) is 0 Å². The molecule has 0 saturated carbocycles. The molecule has 2 N–H and O–H groups in total. The van der Waals surface area contributed by atoms with Crippen molar-refractivity contribution in [3.8, 4) is 17.3 Å². The second kappa shape index (κ2) is 3.30. The number of rotatable bonds is 1. The highest BCUT2D eigenvalue weighted by Gasteiger charge is 2.10. The molecule has 0 amide bonds. The van der Waals surface area contributed by atoms with E-state index < -0.39 is 0 Å². The van der Waals surface area contributed by atoms with E-state index in [0.717, 1.165) is 11.0 Å². The third kappa shape index (κ3) is 1.30. The molecule has 1 aromatic carbocycles. The first-order chi connectivity index (χ1) is 7.84. The fraction of sp³-hybridized carbons (Fsp3) is 0. The Labute approximate surface area is 90.8 Å². The number of para-hydroxylation sites is 2. The van der Waals surface area contributed by atoms with Crippen LogP contribution in [0.15, 0.2) is 36.8 Å². The third-order valence-corrected chi connectivity index (χ3v) is 2.31. The van der Waals surface area contributed by atoms with Crippen LogP contribution in [0.2, 0.25) is 0 Å². The highest BCUT2D eigenvalue weighted by molar-refractivity contribution is 5.79. The molecule has 0 aliphatic heterocycles. The molecule has 5 nitrogen and oxygen atoms in total. The number of fused-ring (bicyclic) bond motifs is 1. The minimum absolute atomic E-state index is 0.0153. The van der Waals surface area contributed by atoms with Gasteiger partial charge in [-0.3, -0.25) is 0 Å². The van der Waals surface area contributed by atoms with Crippen molar-refractivity contribution >= 4 is 11.0 Å². The zero-order valence-corrected chi connectivity index (χ0v) is 8.25. The summed E-state index contributed by atoms with van der Waals surface area (Å²) in [4.78, 5) is 15.1. The maximum atomic E-state index is 9.60. The lowest BCUT2D eigenvalue weighted by atomic mass is 10.3. The summed E-state index contributed by atoms with van der Waals surface area (Å²) in [5, 5.41) is 9.60. The molecule has 78 valence electrons. The van der Waals surface area contributed by atoms with E-state index in [-0.39, 0.29) is 5.75 Å². The predicted molar refractivity (Wildman–Crippen MR) is 58.8 cm³/mol. The predicted octanol–water partition coefficient (Wildman–Crippen LogP) is 1.73. The van der Waals surface area contributed by atoms with Gasteiger partial charge in [-0.1, -0.05) is 12.1 Å². The monoisotopic (exact) mass is 212 g/mol. The normalized spacial score (nSPS) is 10.8. The van der Waals surface area contributed by atoms with Crippen molar-refractivity contribution in [1.82, 2.24) is 19.9 Å². The summed E-state index contributed by atoms with van der Waals surface area (Å²) in [5.41, 5.74) is 2.16. The van der Waals surface area contributed by atoms with Crippen LogP contribution in [0.3, 0.4) is 0 Å². The summed E-state index contributed by atoms with van der Waals surface area (Å²) in [6.45, 7) is 0. The van der Waals surface area contributed by atoms with E-state index in [2.05, 4.69) is 19.9 Å². The molecule has 3 aromatic rings. The molecule has 0 aliphatic rings. The average molecular weight is 212 g/mol. The van der Waals surface area contributed by atoms with Gasteiger partial charge in [0.05, 0.1) is 17.2 Å². The molecule has 0 bridgehead atoms. The van der Waals surface area contributed by atoms with Crippen LogP contribution >= 0.6 is 0 Å². The van der Waals surface area contributed by atoms with Gasteiger partial charge in [-0.25, -0.2) is 15.0 Å². The molecular weight excluding hydrogens is 204 g/mol. The standard InChI is InChI=1S/C11H8N4O/c16-9-5-12-6-13-10(9)11-14-7-3-1-2-4-8(7)15-11/h1-6,16H,(H,14,15). The van der Waals surface area contributed by atoms with Crippen LogP contribution in [-0.4, -0.2) is 25.0 Å². The Hall–Kier alpha value is -2.43. The maximum Gasteiger partial charge on any atom is 0.163 e. The highest BCUT2D eigenvalue weighted by atomic mass is 16.3. The fourth-order valence-corrected chi connectivity index (χ4v) is 1.57. The van der Waals surface area contributed by atoms with Crippen molar-refractivity contribution < 1.29 is 5.11 Å². The van der Waals surface area contributed by atoms with E-state index in [0.29, 0.717) is 11.5 Å². The van der Waals surface area contributed by atoms with Gasteiger partial charge in [0, 0.05) is 0 Å². The molecule has 2 aromatic heterocycles. The van der Waals surface area contributed by atoms with Crippen LogP contribution in [-0.2, 0) is 0 Å². The summed E-state index contributed by atoms with van der Waals surface area (Å²) in [7, 11) is 0. The van der Waals surface area contributed by atoms with Crippen molar-refractivity contribution in [1.29, 1.82) is 0 Å². The van der Waals surface area contributed by atoms with Gasteiger partial charge in [0.25, 0.3) is 0 Å². The van der Waals surface area contributed by atoms with Crippen LogP contribution in [0.4, 0.5) is 0 Å². The smallest absolute Gasteiger partial charge is 0.163 e. The fourth-order valence-electron chi connectivity index (χ4n) is 1.57. The molecule has 3 rings (SSSR count). The number of aromatic nitrogens is 4. The average Bonchev–Trinajstić information content (AvgIpc) is 2.73. The number of imidazole rings is 1. The Morgan fingerprint density at radius 2 is 2.06 bits per heavy atom. The Balaban J connectivity index is 2.23. The summed E-state index contributed by atoms with van der Waals surface area (Å²) in [5.74, 6) is 0.558. The van der Waals surface area contributed by atoms with Crippen LogP contribution in [0.25, 0.3) is 22.6 Å². The Kier molecular flexibility index (Phi) is 1.83. The molecule has 2 heterocycles. The summed E-state index contributed by atoms with van der Waals surface area (Å²) in [6.07, 6.45) is 2.72. The van der Waals surface area contributed by atoms with Crippen molar-refractivity contribution in [2.45, 2.75) is 0 Å². The molecule has 0 saturated heterocycles. The molecule has 0 spiro atoms. The summed E-state index contributed by atoms with van der Waals surface area (Å²) in [6, 6.07) is 7.65. The highest BCUT2D eigenvalue weighted by Crippen LogP contribution is 2.24. The van der Waals surface area contributed by atoms with Crippen molar-refractivity contribution in [2.75, 3.05) is 0 Å². The first-order valence-electron chi connectivity index (χ1n) is 4.79. The lowest BCUT2D eigenvalue weighted by Crippen LogP contribution is -1.87. The summed E-state index contributed by atoms with van der Waals surface area (Å²) >= 11 is 0. The number of aromatic amines is 1. The van der Waals surface area contributed by atoms with E-state index in [1.54, 1.807) is 0 Å². The van der Waals surface area contributed by atoms with Crippen LogP contribution in [0.5, 0.6) is 5.75 Å². The topological polar surface area (TPSA) is 74.7 Å². The number of hydrogen-bond donors (Lipinski definition) is 2. The second-order valence-corrected chi connectivity index (χ2v) is 3.36. The molecule has 0 unspecified atom stereocenters. The van der Waals surface area contributed by atoms with Gasteiger partial charge >= 0.3 is 0 Å². The molecular formula is C11H8N4O. The molecule has 5 heteroatoms. The Morgan fingerprint density at radius 3 is 2.88 bits per heavy atom. The van der Waals surface area contributed by atoms with Gasteiger partial charge in [0.1, 0.15) is 6.33 Å². The summed E-state index contributed by atoms with van der Waals surface area (Å²) < 4.78 is 0. The maximum absolute atomic E-state index is 9.60. The van der Waals surface area contributed by atoms with Crippen molar-refractivity contribution in [3.63, 3.8) is 0 Å². The van der Waals surface area contributed by atoms with Crippen LogP contribution < -0.4 is 0 Å².